The summed E-state index contributed by atoms with van der Waals surface area (Å²) in [6, 6.07) is 9.21. The maximum Gasteiger partial charge on any atom is 0.332 e. The number of amides is 1. The third kappa shape index (κ3) is 5.43. The third-order valence-electron chi connectivity index (χ3n) is 3.12. The third-order valence-corrected chi connectivity index (χ3v) is 4.06. The fraction of sp³-hybridized carbons (Fsp3) is 0.294. The largest absolute Gasteiger partial charge is 0.454 e. The number of halogens is 1. The Hall–Kier alpha value is -2.25. The predicted molar refractivity (Wildman–Crippen MR) is 88.2 cm³/mol. The topological polar surface area (TPSA) is 64.6 Å². The highest BCUT2D eigenvalue weighted by Gasteiger charge is 2.19. The van der Waals surface area contributed by atoms with Crippen LogP contribution in [0.3, 0.4) is 0 Å². The van der Waals surface area contributed by atoms with Crippen LogP contribution in [0, 0.1) is 5.82 Å². The van der Waals surface area contributed by atoms with Gasteiger partial charge in [0, 0.05) is 11.5 Å². The predicted octanol–water partition coefficient (Wildman–Crippen LogP) is 2.67. The van der Waals surface area contributed by atoms with Crippen LogP contribution in [0.2, 0.25) is 0 Å². The van der Waals surface area contributed by atoms with Crippen LogP contribution in [0.15, 0.2) is 41.8 Å². The van der Waals surface area contributed by atoms with E-state index in [1.54, 1.807) is 19.1 Å². The summed E-state index contributed by atoms with van der Waals surface area (Å²) in [5.74, 6) is -1.39. The van der Waals surface area contributed by atoms with Crippen LogP contribution in [0.25, 0.3) is 0 Å². The minimum Gasteiger partial charge on any atom is -0.454 e. The first-order valence-corrected chi connectivity index (χ1v) is 8.29. The lowest BCUT2D eigenvalue weighted by molar-refractivity contribution is -0.152. The van der Waals surface area contributed by atoms with Gasteiger partial charge in [0.05, 0.1) is 6.04 Å². The van der Waals surface area contributed by atoms with Gasteiger partial charge in [0.1, 0.15) is 12.4 Å². The zero-order chi connectivity index (χ0) is 17.4. The normalized spacial score (nSPS) is 11.8. The highest BCUT2D eigenvalue weighted by atomic mass is 32.1. The number of thiophene rings is 1. The Kier molecular flexibility index (Phi) is 6.89. The first kappa shape index (κ1) is 18.1. The van der Waals surface area contributed by atoms with Crippen molar-refractivity contribution in [3.8, 4) is 0 Å². The van der Waals surface area contributed by atoms with Crippen molar-refractivity contribution >= 4 is 23.2 Å². The van der Waals surface area contributed by atoms with Crippen molar-refractivity contribution in [3.63, 3.8) is 0 Å². The summed E-state index contributed by atoms with van der Waals surface area (Å²) in [6.07, 6.45) is 0. The van der Waals surface area contributed by atoms with E-state index in [0.29, 0.717) is 6.61 Å². The maximum absolute atomic E-state index is 13.1. The van der Waals surface area contributed by atoms with E-state index in [-0.39, 0.29) is 12.4 Å². The van der Waals surface area contributed by atoms with Crippen LogP contribution < -0.4 is 5.32 Å². The average molecular weight is 351 g/mol. The van der Waals surface area contributed by atoms with Gasteiger partial charge in [-0.1, -0.05) is 18.2 Å². The summed E-state index contributed by atoms with van der Waals surface area (Å²) in [5, 5.41) is 4.69. The van der Waals surface area contributed by atoms with E-state index < -0.39 is 24.5 Å². The van der Waals surface area contributed by atoms with Crippen molar-refractivity contribution in [3.05, 3.63) is 58.0 Å². The SMILES string of the molecule is CCOCC(=O)OCC(=O)N[C@H](c1ccc(F)cc1)c1cccs1. The molecular formula is C17H18FNO4S. The van der Waals surface area contributed by atoms with Crippen LogP contribution in [0.1, 0.15) is 23.4 Å². The molecule has 1 heterocycles. The van der Waals surface area contributed by atoms with E-state index in [0.717, 1.165) is 10.4 Å². The first-order chi connectivity index (χ1) is 11.6. The van der Waals surface area contributed by atoms with Crippen molar-refractivity contribution in [2.45, 2.75) is 13.0 Å². The standard InChI is InChI=1S/C17H18FNO4S/c1-2-22-11-16(21)23-10-15(20)19-17(14-4-3-9-24-14)12-5-7-13(18)8-6-12/h3-9,17H,2,10-11H2,1H3,(H,19,20)/t17-/m1/s1. The quantitative estimate of drug-likeness (QED) is 0.743. The molecule has 0 unspecified atom stereocenters. The molecule has 0 bridgehead atoms. The van der Waals surface area contributed by atoms with Crippen LogP contribution in [0.5, 0.6) is 0 Å². The number of esters is 1. The molecule has 1 aromatic carbocycles. The molecule has 1 N–H and O–H groups in total. The fourth-order valence-corrected chi connectivity index (χ4v) is 2.81. The number of carbonyl (C=O) groups excluding carboxylic acids is 2. The number of hydrogen-bond acceptors (Lipinski definition) is 5. The zero-order valence-corrected chi connectivity index (χ0v) is 14.0. The highest BCUT2D eigenvalue weighted by molar-refractivity contribution is 7.10. The molecule has 7 heteroatoms. The minimum atomic E-state index is -0.596. The number of hydrogen-bond donors (Lipinski definition) is 1. The number of nitrogens with one attached hydrogen (secondary N) is 1. The van der Waals surface area contributed by atoms with E-state index in [2.05, 4.69) is 5.32 Å². The fourth-order valence-electron chi connectivity index (χ4n) is 2.01. The molecule has 5 nitrogen and oxygen atoms in total. The molecular weight excluding hydrogens is 333 g/mol. The summed E-state index contributed by atoms with van der Waals surface area (Å²) in [5.41, 5.74) is 0.743. The lowest BCUT2D eigenvalue weighted by atomic mass is 10.1. The van der Waals surface area contributed by atoms with Gasteiger partial charge in [0.2, 0.25) is 0 Å². The van der Waals surface area contributed by atoms with E-state index >= 15 is 0 Å². The lowest BCUT2D eigenvalue weighted by Gasteiger charge is -2.18. The Morgan fingerprint density at radius 3 is 2.58 bits per heavy atom. The van der Waals surface area contributed by atoms with Crippen molar-refractivity contribution in [1.29, 1.82) is 0 Å². The molecule has 0 saturated heterocycles. The summed E-state index contributed by atoms with van der Waals surface area (Å²) < 4.78 is 22.9. The number of rotatable bonds is 8. The monoisotopic (exact) mass is 351 g/mol. The van der Waals surface area contributed by atoms with Crippen LogP contribution >= 0.6 is 11.3 Å². The van der Waals surface area contributed by atoms with E-state index in [1.807, 2.05) is 17.5 Å². The van der Waals surface area contributed by atoms with Gasteiger partial charge in [-0.05, 0) is 36.1 Å². The molecule has 0 radical (unpaired) electrons. The molecule has 0 aliphatic heterocycles. The minimum absolute atomic E-state index is 0.184. The second-order valence-electron chi connectivity index (χ2n) is 4.87. The molecule has 0 saturated carbocycles. The van der Waals surface area contributed by atoms with Gasteiger partial charge in [0.15, 0.2) is 6.61 Å². The number of carbonyl (C=O) groups is 2. The smallest absolute Gasteiger partial charge is 0.332 e. The van der Waals surface area contributed by atoms with Gasteiger partial charge in [-0.2, -0.15) is 0 Å². The summed E-state index contributed by atoms with van der Waals surface area (Å²) in [7, 11) is 0. The average Bonchev–Trinajstić information content (AvgIpc) is 3.11. The molecule has 0 fully saturated rings. The van der Waals surface area contributed by atoms with E-state index in [9.17, 15) is 14.0 Å². The van der Waals surface area contributed by atoms with Gasteiger partial charge >= 0.3 is 5.97 Å². The molecule has 2 aromatic rings. The van der Waals surface area contributed by atoms with E-state index in [4.69, 9.17) is 9.47 Å². The second-order valence-corrected chi connectivity index (χ2v) is 5.84. The van der Waals surface area contributed by atoms with Crippen molar-refractivity contribution in [2.75, 3.05) is 19.8 Å². The number of benzene rings is 1. The molecule has 0 spiro atoms. The molecule has 1 atom stereocenters. The van der Waals surface area contributed by atoms with Gasteiger partial charge in [-0.3, -0.25) is 4.79 Å². The van der Waals surface area contributed by atoms with Crippen molar-refractivity contribution in [2.24, 2.45) is 0 Å². The van der Waals surface area contributed by atoms with E-state index in [1.165, 1.54) is 23.5 Å². The zero-order valence-electron chi connectivity index (χ0n) is 13.2. The van der Waals surface area contributed by atoms with Crippen molar-refractivity contribution in [1.82, 2.24) is 5.32 Å². The molecule has 0 aliphatic carbocycles. The van der Waals surface area contributed by atoms with Gasteiger partial charge < -0.3 is 14.8 Å². The second kappa shape index (κ2) is 9.14. The summed E-state index contributed by atoms with van der Waals surface area (Å²) in [4.78, 5) is 24.3. The maximum atomic E-state index is 13.1. The lowest BCUT2D eigenvalue weighted by Crippen LogP contribution is -2.33. The van der Waals surface area contributed by atoms with Crippen molar-refractivity contribution < 1.29 is 23.5 Å². The Morgan fingerprint density at radius 2 is 1.96 bits per heavy atom. The Labute approximate surface area is 143 Å². The highest BCUT2D eigenvalue weighted by Crippen LogP contribution is 2.26. The Balaban J connectivity index is 2.00. The molecule has 128 valence electrons. The molecule has 1 amide bonds. The molecule has 1 aromatic heterocycles. The van der Waals surface area contributed by atoms with Crippen LogP contribution in [0.4, 0.5) is 4.39 Å². The number of ether oxygens (including phenoxy) is 2. The Morgan fingerprint density at radius 1 is 1.21 bits per heavy atom. The van der Waals surface area contributed by atoms with Gasteiger partial charge in [-0.25, -0.2) is 9.18 Å². The van der Waals surface area contributed by atoms with Crippen LogP contribution in [-0.2, 0) is 19.1 Å². The van der Waals surface area contributed by atoms with Gasteiger partial charge in [0.25, 0.3) is 5.91 Å². The molecule has 2 rings (SSSR count). The molecule has 24 heavy (non-hydrogen) atoms. The summed E-state index contributed by atoms with van der Waals surface area (Å²) >= 11 is 1.47. The summed E-state index contributed by atoms with van der Waals surface area (Å²) in [6.45, 7) is 1.58. The molecule has 0 aliphatic rings. The Bertz CT molecular complexity index is 658. The van der Waals surface area contributed by atoms with Gasteiger partial charge in [-0.15, -0.1) is 11.3 Å². The van der Waals surface area contributed by atoms with Crippen LogP contribution in [-0.4, -0.2) is 31.7 Å². The first-order valence-electron chi connectivity index (χ1n) is 7.41.